The molecule has 2 N–H and O–H groups in total. The first-order valence-electron chi connectivity index (χ1n) is 7.14. The lowest BCUT2D eigenvalue weighted by Crippen LogP contribution is -2.47. The molecule has 0 aromatic carbocycles. The molecule has 1 aromatic rings. The number of likely N-dealkylation sites (tertiary alicyclic amines) is 1. The summed E-state index contributed by atoms with van der Waals surface area (Å²) in [5.41, 5.74) is 6.08. The van der Waals surface area contributed by atoms with E-state index in [2.05, 4.69) is 11.8 Å². The van der Waals surface area contributed by atoms with Crippen molar-refractivity contribution in [3.63, 3.8) is 0 Å². The first kappa shape index (κ1) is 15.0. The zero-order chi connectivity index (χ0) is 14.9. The van der Waals surface area contributed by atoms with Gasteiger partial charge in [0.05, 0.1) is 0 Å². The molecule has 0 bridgehead atoms. The molecule has 0 spiro atoms. The van der Waals surface area contributed by atoms with Gasteiger partial charge in [-0.3, -0.25) is 18.8 Å². The lowest BCUT2D eigenvalue weighted by Gasteiger charge is -2.38. The predicted octanol–water partition coefficient (Wildman–Crippen LogP) is -0.357. The molecule has 20 heavy (non-hydrogen) atoms. The Morgan fingerprint density at radius 2 is 2.00 bits per heavy atom. The van der Waals surface area contributed by atoms with E-state index in [1.54, 1.807) is 17.7 Å². The summed E-state index contributed by atoms with van der Waals surface area (Å²) in [5.74, 6) is 0.687. The van der Waals surface area contributed by atoms with Crippen molar-refractivity contribution in [2.75, 3.05) is 13.1 Å². The van der Waals surface area contributed by atoms with Crippen LogP contribution in [0.1, 0.15) is 25.5 Å². The van der Waals surface area contributed by atoms with Crippen LogP contribution in [-0.2, 0) is 20.6 Å². The largest absolute Gasteiger partial charge is 0.330 e. The third kappa shape index (κ3) is 2.86. The van der Waals surface area contributed by atoms with Gasteiger partial charge in [-0.15, -0.1) is 0 Å². The summed E-state index contributed by atoms with van der Waals surface area (Å²) in [6, 6.07) is 1.88. The minimum Gasteiger partial charge on any atom is -0.329 e. The first-order valence-corrected chi connectivity index (χ1v) is 7.14. The monoisotopic (exact) mass is 280 g/mol. The zero-order valence-electron chi connectivity index (χ0n) is 12.5. The van der Waals surface area contributed by atoms with Crippen molar-refractivity contribution in [2.45, 2.75) is 32.4 Å². The van der Waals surface area contributed by atoms with E-state index < -0.39 is 0 Å². The molecule has 1 fully saturated rings. The second-order valence-corrected chi connectivity index (χ2v) is 5.86. The summed E-state index contributed by atoms with van der Waals surface area (Å²) in [5, 5.41) is 0. The molecule has 0 aliphatic carbocycles. The van der Waals surface area contributed by atoms with E-state index in [9.17, 15) is 9.59 Å². The van der Waals surface area contributed by atoms with Gasteiger partial charge in [-0.1, -0.05) is 6.92 Å². The molecule has 2 rings (SSSR count). The van der Waals surface area contributed by atoms with Crippen molar-refractivity contribution in [1.82, 2.24) is 14.0 Å². The van der Waals surface area contributed by atoms with E-state index in [4.69, 9.17) is 5.73 Å². The molecule has 1 aliphatic rings. The summed E-state index contributed by atoms with van der Waals surface area (Å²) in [6.45, 7) is 4.43. The second-order valence-electron chi connectivity index (χ2n) is 5.86. The molecule has 0 saturated carbocycles. The van der Waals surface area contributed by atoms with Gasteiger partial charge in [0, 0.05) is 45.0 Å². The Morgan fingerprint density at radius 1 is 1.30 bits per heavy atom. The van der Waals surface area contributed by atoms with Crippen molar-refractivity contribution in [3.05, 3.63) is 32.6 Å². The minimum atomic E-state index is -0.276. The van der Waals surface area contributed by atoms with E-state index in [0.29, 0.717) is 25.0 Å². The fourth-order valence-corrected chi connectivity index (χ4v) is 2.89. The van der Waals surface area contributed by atoms with Crippen LogP contribution in [0.5, 0.6) is 0 Å². The molecule has 1 aliphatic heterocycles. The summed E-state index contributed by atoms with van der Waals surface area (Å²) in [4.78, 5) is 26.0. The van der Waals surface area contributed by atoms with E-state index >= 15 is 0 Å². The third-order valence-corrected chi connectivity index (χ3v) is 4.36. The van der Waals surface area contributed by atoms with Crippen LogP contribution in [0.3, 0.4) is 0 Å². The van der Waals surface area contributed by atoms with Crippen molar-refractivity contribution in [1.29, 1.82) is 0 Å². The van der Waals surface area contributed by atoms with Gasteiger partial charge in [-0.05, 0) is 25.3 Å². The molecule has 6 nitrogen and oxygen atoms in total. The maximum absolute atomic E-state index is 11.9. The first-order chi connectivity index (χ1) is 9.43. The molecule has 6 heteroatoms. The van der Waals surface area contributed by atoms with Crippen molar-refractivity contribution < 1.29 is 0 Å². The van der Waals surface area contributed by atoms with Gasteiger partial charge in [0.25, 0.3) is 5.56 Å². The normalized spacial score (nSPS) is 24.0. The van der Waals surface area contributed by atoms with Gasteiger partial charge in [-0.2, -0.15) is 0 Å². The zero-order valence-corrected chi connectivity index (χ0v) is 12.5. The molecule has 112 valence electrons. The third-order valence-electron chi connectivity index (χ3n) is 4.36. The standard InChI is InChI=1S/C14H24N4O2/c1-10-4-5-18(11(6-10)8-15)9-12-7-13(19)17(3)14(20)16(12)2/h7,10-11H,4-6,8-9,15H2,1-3H3. The van der Waals surface area contributed by atoms with E-state index in [1.807, 2.05) is 0 Å². The quantitative estimate of drug-likeness (QED) is 0.821. The summed E-state index contributed by atoms with van der Waals surface area (Å²) in [7, 11) is 3.21. The topological polar surface area (TPSA) is 73.3 Å². The molecule has 2 atom stereocenters. The molecular formula is C14H24N4O2. The molecular weight excluding hydrogens is 256 g/mol. The van der Waals surface area contributed by atoms with E-state index in [0.717, 1.165) is 29.6 Å². The SMILES string of the molecule is CC1CCN(Cc2cc(=O)n(C)c(=O)n2C)C(CN)C1. The highest BCUT2D eigenvalue weighted by Crippen LogP contribution is 2.23. The molecule has 1 saturated heterocycles. The van der Waals surface area contributed by atoms with Crippen LogP contribution in [0.25, 0.3) is 0 Å². The van der Waals surface area contributed by atoms with Crippen molar-refractivity contribution in [3.8, 4) is 0 Å². The van der Waals surface area contributed by atoms with Gasteiger partial charge in [0.1, 0.15) is 0 Å². The van der Waals surface area contributed by atoms with Crippen molar-refractivity contribution in [2.24, 2.45) is 25.7 Å². The van der Waals surface area contributed by atoms with Gasteiger partial charge in [0.2, 0.25) is 0 Å². The van der Waals surface area contributed by atoms with Crippen LogP contribution in [0.15, 0.2) is 15.7 Å². The van der Waals surface area contributed by atoms with Crippen LogP contribution >= 0.6 is 0 Å². The maximum atomic E-state index is 11.9. The Morgan fingerprint density at radius 3 is 2.65 bits per heavy atom. The Hall–Kier alpha value is -1.40. The highest BCUT2D eigenvalue weighted by molar-refractivity contribution is 5.03. The summed E-state index contributed by atoms with van der Waals surface area (Å²) < 4.78 is 2.68. The van der Waals surface area contributed by atoms with Crippen LogP contribution in [0.2, 0.25) is 0 Å². The smallest absolute Gasteiger partial charge is 0.329 e. The second kappa shape index (κ2) is 5.93. The number of nitrogens with two attached hydrogens (primary N) is 1. The minimum absolute atomic E-state index is 0.252. The Balaban J connectivity index is 2.26. The van der Waals surface area contributed by atoms with Crippen molar-refractivity contribution >= 4 is 0 Å². The van der Waals surface area contributed by atoms with Crippen LogP contribution in [-0.4, -0.2) is 33.2 Å². The number of hydrogen-bond acceptors (Lipinski definition) is 4. The molecule has 0 radical (unpaired) electrons. The van der Waals surface area contributed by atoms with Gasteiger partial charge in [0.15, 0.2) is 0 Å². The molecule has 1 aromatic heterocycles. The van der Waals surface area contributed by atoms with Crippen LogP contribution in [0.4, 0.5) is 0 Å². The van der Waals surface area contributed by atoms with Gasteiger partial charge < -0.3 is 5.73 Å². The molecule has 0 amide bonds. The summed E-state index contributed by atoms with van der Waals surface area (Å²) >= 11 is 0. The Labute approximate surface area is 118 Å². The Bertz CT molecular complexity index is 590. The lowest BCUT2D eigenvalue weighted by atomic mass is 9.92. The van der Waals surface area contributed by atoms with E-state index in [1.165, 1.54) is 7.05 Å². The van der Waals surface area contributed by atoms with Gasteiger partial charge in [-0.25, -0.2) is 4.79 Å². The fraction of sp³-hybridized carbons (Fsp3) is 0.714. The number of piperidine rings is 1. The fourth-order valence-electron chi connectivity index (χ4n) is 2.89. The number of nitrogens with zero attached hydrogens (tertiary/aromatic N) is 3. The number of hydrogen-bond donors (Lipinski definition) is 1. The average Bonchev–Trinajstić information content (AvgIpc) is 2.44. The Kier molecular flexibility index (Phi) is 4.45. The lowest BCUT2D eigenvalue weighted by molar-refractivity contribution is 0.112. The van der Waals surface area contributed by atoms with Gasteiger partial charge >= 0.3 is 5.69 Å². The highest BCUT2D eigenvalue weighted by atomic mass is 16.2. The highest BCUT2D eigenvalue weighted by Gasteiger charge is 2.25. The molecule has 2 heterocycles. The van der Waals surface area contributed by atoms with Crippen LogP contribution in [0, 0.1) is 5.92 Å². The average molecular weight is 280 g/mol. The predicted molar refractivity (Wildman–Crippen MR) is 78.6 cm³/mol. The number of aromatic nitrogens is 2. The van der Waals surface area contributed by atoms with Crippen LogP contribution < -0.4 is 17.0 Å². The maximum Gasteiger partial charge on any atom is 0.330 e. The number of rotatable bonds is 3. The molecule has 2 unspecified atom stereocenters. The summed E-state index contributed by atoms with van der Waals surface area (Å²) in [6.07, 6.45) is 2.21. The van der Waals surface area contributed by atoms with E-state index in [-0.39, 0.29) is 11.2 Å².